The van der Waals surface area contributed by atoms with Crippen LogP contribution in [0.2, 0.25) is 5.02 Å². The Morgan fingerprint density at radius 2 is 1.91 bits per heavy atom. The van der Waals surface area contributed by atoms with E-state index >= 15 is 0 Å². The number of carbonyl (C=O) groups is 1. The average Bonchev–Trinajstić information content (AvgIpc) is 3.17. The first kappa shape index (κ1) is 25.5. The Morgan fingerprint density at radius 3 is 2.57 bits per heavy atom. The van der Waals surface area contributed by atoms with E-state index in [0.29, 0.717) is 39.7 Å². The average molecular weight is 528 g/mol. The van der Waals surface area contributed by atoms with E-state index in [9.17, 15) is 18.0 Å². The predicted molar refractivity (Wildman–Crippen MR) is 131 cm³/mol. The highest BCUT2D eigenvalue weighted by molar-refractivity contribution is 7.22. The fourth-order valence-electron chi connectivity index (χ4n) is 4.42. The lowest BCUT2D eigenvalue weighted by molar-refractivity contribution is -0.138. The number of alkyl halides is 3. The SMILES string of the molecule is C[C@@H]1CN(CCOc2cc(CC(=O)O)ccc2Cl)C[C@H](C)N1c1nc2ccc(C(F)(F)F)cc2s1. The lowest BCUT2D eigenvalue weighted by Crippen LogP contribution is -2.57. The first-order valence-electron chi connectivity index (χ1n) is 11.1. The van der Waals surface area contributed by atoms with Crippen LogP contribution in [0.1, 0.15) is 25.0 Å². The van der Waals surface area contributed by atoms with Crippen molar-refractivity contribution >= 4 is 44.3 Å². The third-order valence-corrected chi connectivity index (χ3v) is 7.28. The quantitative estimate of drug-likeness (QED) is 0.433. The minimum atomic E-state index is -4.38. The number of aromatic nitrogens is 1. The molecule has 1 aliphatic rings. The third kappa shape index (κ3) is 5.99. The number of halogens is 4. The van der Waals surface area contributed by atoms with Gasteiger partial charge in [0.2, 0.25) is 0 Å². The second kappa shape index (κ2) is 10.2. The molecule has 6 nitrogen and oxygen atoms in total. The molecule has 35 heavy (non-hydrogen) atoms. The van der Waals surface area contributed by atoms with Crippen molar-refractivity contribution in [1.82, 2.24) is 9.88 Å². The lowest BCUT2D eigenvalue weighted by atomic mass is 10.1. The Hall–Kier alpha value is -2.56. The molecule has 2 heterocycles. The molecule has 0 bridgehead atoms. The topological polar surface area (TPSA) is 65.9 Å². The molecule has 0 radical (unpaired) electrons. The van der Waals surface area contributed by atoms with Crippen LogP contribution in [0, 0.1) is 0 Å². The van der Waals surface area contributed by atoms with Crippen LogP contribution in [-0.4, -0.2) is 59.3 Å². The van der Waals surface area contributed by atoms with Crippen LogP contribution >= 0.6 is 22.9 Å². The van der Waals surface area contributed by atoms with Gasteiger partial charge in [-0.2, -0.15) is 13.2 Å². The van der Waals surface area contributed by atoms with Crippen molar-refractivity contribution in [3.8, 4) is 5.75 Å². The van der Waals surface area contributed by atoms with Gasteiger partial charge in [0.1, 0.15) is 12.4 Å². The number of fused-ring (bicyclic) bond motifs is 1. The standard InChI is InChI=1S/C24H25ClF3N3O3S/c1-14-12-30(7-8-34-20-9-16(10-22(32)33)3-5-18(20)25)13-15(2)31(14)23-29-19-6-4-17(24(26,27)28)11-21(19)35-23/h3-6,9,11,14-15H,7-8,10,12-13H2,1-2H3,(H,32,33)/t14-,15+. The third-order valence-electron chi connectivity index (χ3n) is 5.94. The zero-order chi connectivity index (χ0) is 25.3. The van der Waals surface area contributed by atoms with Gasteiger partial charge in [-0.3, -0.25) is 9.69 Å². The van der Waals surface area contributed by atoms with Gasteiger partial charge in [-0.25, -0.2) is 4.98 Å². The number of piperazine rings is 1. The van der Waals surface area contributed by atoms with Gasteiger partial charge in [0.25, 0.3) is 0 Å². The summed E-state index contributed by atoms with van der Waals surface area (Å²) in [6.45, 7) is 6.66. The Kier molecular flexibility index (Phi) is 7.44. The van der Waals surface area contributed by atoms with Crippen molar-refractivity contribution in [1.29, 1.82) is 0 Å². The fourth-order valence-corrected chi connectivity index (χ4v) is 5.80. The van der Waals surface area contributed by atoms with Crippen LogP contribution in [0.25, 0.3) is 10.2 Å². The Labute approximate surface area is 209 Å². The zero-order valence-electron chi connectivity index (χ0n) is 19.2. The molecule has 0 aliphatic carbocycles. The number of anilines is 1. The molecule has 1 aromatic heterocycles. The smallest absolute Gasteiger partial charge is 0.416 e. The molecule has 1 fully saturated rings. The molecule has 0 amide bonds. The van der Waals surface area contributed by atoms with Crippen LogP contribution in [0.5, 0.6) is 5.75 Å². The highest BCUT2D eigenvalue weighted by Crippen LogP contribution is 2.37. The molecule has 1 aliphatic heterocycles. The summed E-state index contributed by atoms with van der Waals surface area (Å²) in [6, 6.07) is 8.81. The summed E-state index contributed by atoms with van der Waals surface area (Å²) in [5.74, 6) is -0.467. The number of hydrogen-bond acceptors (Lipinski definition) is 6. The van der Waals surface area contributed by atoms with E-state index in [-0.39, 0.29) is 18.5 Å². The summed E-state index contributed by atoms with van der Waals surface area (Å²) >= 11 is 7.47. The summed E-state index contributed by atoms with van der Waals surface area (Å²) in [5.41, 5.74) is 0.515. The number of benzene rings is 2. The van der Waals surface area contributed by atoms with E-state index in [1.807, 2.05) is 0 Å². The summed E-state index contributed by atoms with van der Waals surface area (Å²) in [4.78, 5) is 20.0. The Bertz CT molecular complexity index is 1210. The first-order chi connectivity index (χ1) is 16.5. The van der Waals surface area contributed by atoms with Gasteiger partial charge in [0.05, 0.1) is 27.2 Å². The molecule has 2 atom stereocenters. The molecule has 11 heteroatoms. The first-order valence-corrected chi connectivity index (χ1v) is 12.3. The molecule has 1 saturated heterocycles. The number of thiazole rings is 1. The van der Waals surface area contributed by atoms with Crippen LogP contribution in [0.3, 0.4) is 0 Å². The molecular formula is C24H25ClF3N3O3S. The molecule has 188 valence electrons. The Morgan fingerprint density at radius 1 is 1.20 bits per heavy atom. The second-order valence-corrected chi connectivity index (χ2v) is 10.1. The van der Waals surface area contributed by atoms with Gasteiger partial charge in [0.15, 0.2) is 5.13 Å². The van der Waals surface area contributed by atoms with Crippen molar-refractivity contribution in [3.63, 3.8) is 0 Å². The molecule has 3 aromatic rings. The number of nitrogens with zero attached hydrogens (tertiary/aromatic N) is 3. The molecular weight excluding hydrogens is 503 g/mol. The highest BCUT2D eigenvalue weighted by Gasteiger charge is 2.33. The summed E-state index contributed by atoms with van der Waals surface area (Å²) < 4.78 is 45.6. The van der Waals surface area contributed by atoms with E-state index in [1.54, 1.807) is 18.2 Å². The van der Waals surface area contributed by atoms with Gasteiger partial charge < -0.3 is 14.7 Å². The van der Waals surface area contributed by atoms with Gasteiger partial charge in [-0.1, -0.05) is 29.0 Å². The number of hydrogen-bond donors (Lipinski definition) is 1. The van der Waals surface area contributed by atoms with Gasteiger partial charge in [-0.15, -0.1) is 0 Å². The molecule has 2 aromatic carbocycles. The maximum absolute atomic E-state index is 13.1. The molecule has 0 spiro atoms. The molecule has 0 unspecified atom stereocenters. The van der Waals surface area contributed by atoms with E-state index in [0.717, 1.165) is 30.4 Å². The van der Waals surface area contributed by atoms with E-state index in [2.05, 4.69) is 28.6 Å². The summed E-state index contributed by atoms with van der Waals surface area (Å²) in [6.07, 6.45) is -4.48. The number of carboxylic acids is 1. The van der Waals surface area contributed by atoms with Crippen molar-refractivity contribution in [2.24, 2.45) is 0 Å². The molecule has 1 N–H and O–H groups in total. The number of aliphatic carboxylic acids is 1. The van der Waals surface area contributed by atoms with Crippen LogP contribution in [0.15, 0.2) is 36.4 Å². The van der Waals surface area contributed by atoms with E-state index in [1.165, 1.54) is 17.4 Å². The molecule has 4 rings (SSSR count). The molecule has 0 saturated carbocycles. The van der Waals surface area contributed by atoms with E-state index < -0.39 is 17.7 Å². The van der Waals surface area contributed by atoms with Crippen molar-refractivity contribution in [3.05, 3.63) is 52.5 Å². The van der Waals surface area contributed by atoms with Gasteiger partial charge in [-0.05, 0) is 49.7 Å². The number of rotatable bonds is 7. The highest BCUT2D eigenvalue weighted by atomic mass is 35.5. The minimum Gasteiger partial charge on any atom is -0.491 e. The van der Waals surface area contributed by atoms with Crippen LogP contribution < -0.4 is 9.64 Å². The zero-order valence-corrected chi connectivity index (χ0v) is 20.8. The predicted octanol–water partition coefficient (Wildman–Crippen LogP) is 5.57. The maximum Gasteiger partial charge on any atom is 0.416 e. The van der Waals surface area contributed by atoms with Gasteiger partial charge >= 0.3 is 12.1 Å². The minimum absolute atomic E-state index is 0.101. The second-order valence-electron chi connectivity index (χ2n) is 8.73. The Balaban J connectivity index is 1.38. The van der Waals surface area contributed by atoms with Crippen molar-refractivity contribution in [2.45, 2.75) is 38.5 Å². The normalized spacial score (nSPS) is 19.3. The summed E-state index contributed by atoms with van der Waals surface area (Å²) in [7, 11) is 0. The number of ether oxygens (including phenoxy) is 1. The maximum atomic E-state index is 13.1. The largest absolute Gasteiger partial charge is 0.491 e. The van der Waals surface area contributed by atoms with Crippen LogP contribution in [-0.2, 0) is 17.4 Å². The van der Waals surface area contributed by atoms with Crippen LogP contribution in [0.4, 0.5) is 18.3 Å². The van der Waals surface area contributed by atoms with Crippen molar-refractivity contribution in [2.75, 3.05) is 31.1 Å². The van der Waals surface area contributed by atoms with E-state index in [4.69, 9.17) is 21.4 Å². The summed E-state index contributed by atoms with van der Waals surface area (Å²) in [5, 5.41) is 10.1. The lowest BCUT2D eigenvalue weighted by Gasteiger charge is -2.44. The fraction of sp³-hybridized carbons (Fsp3) is 0.417. The number of carboxylic acid groups (broad SMARTS) is 1. The monoisotopic (exact) mass is 527 g/mol. The van der Waals surface area contributed by atoms with Crippen molar-refractivity contribution < 1.29 is 27.8 Å². The van der Waals surface area contributed by atoms with Gasteiger partial charge in [0, 0.05) is 31.7 Å².